The van der Waals surface area contributed by atoms with Crippen molar-refractivity contribution in [3.05, 3.63) is 34.3 Å². The van der Waals surface area contributed by atoms with Crippen LogP contribution in [0.2, 0.25) is 0 Å². The third-order valence-corrected chi connectivity index (χ3v) is 3.92. The molecule has 102 valence electrons. The van der Waals surface area contributed by atoms with Crippen LogP contribution in [-0.2, 0) is 0 Å². The SMILES string of the molecule is CC(NCCCN(C)C(C)C)c1ccc(Br)cc1. The Morgan fingerprint density at radius 2 is 1.78 bits per heavy atom. The molecule has 1 atom stereocenters. The molecule has 1 N–H and O–H groups in total. The molecule has 0 aliphatic heterocycles. The fourth-order valence-electron chi connectivity index (χ4n) is 1.77. The minimum absolute atomic E-state index is 0.419. The zero-order valence-electron chi connectivity index (χ0n) is 11.9. The quantitative estimate of drug-likeness (QED) is 0.770. The molecule has 1 unspecified atom stereocenters. The van der Waals surface area contributed by atoms with Gasteiger partial charge in [-0.05, 0) is 65.0 Å². The van der Waals surface area contributed by atoms with Gasteiger partial charge in [-0.3, -0.25) is 0 Å². The maximum atomic E-state index is 3.57. The van der Waals surface area contributed by atoms with Gasteiger partial charge in [-0.25, -0.2) is 0 Å². The summed E-state index contributed by atoms with van der Waals surface area (Å²) in [6.07, 6.45) is 1.19. The molecule has 0 amide bonds. The molecule has 0 radical (unpaired) electrons. The molecule has 0 aliphatic carbocycles. The fourth-order valence-corrected chi connectivity index (χ4v) is 2.04. The first-order valence-electron chi connectivity index (χ1n) is 6.69. The highest BCUT2D eigenvalue weighted by Gasteiger charge is 2.05. The lowest BCUT2D eigenvalue weighted by Gasteiger charge is -2.21. The van der Waals surface area contributed by atoms with Crippen LogP contribution in [0.4, 0.5) is 0 Å². The Hall–Kier alpha value is -0.380. The van der Waals surface area contributed by atoms with Crippen molar-refractivity contribution in [2.75, 3.05) is 20.1 Å². The summed E-state index contributed by atoms with van der Waals surface area (Å²) in [7, 11) is 2.18. The molecule has 0 saturated heterocycles. The van der Waals surface area contributed by atoms with Gasteiger partial charge in [0.15, 0.2) is 0 Å². The van der Waals surface area contributed by atoms with E-state index in [0.29, 0.717) is 12.1 Å². The first-order valence-corrected chi connectivity index (χ1v) is 7.49. The summed E-state index contributed by atoms with van der Waals surface area (Å²) in [4.78, 5) is 2.38. The van der Waals surface area contributed by atoms with Crippen molar-refractivity contribution < 1.29 is 0 Å². The molecule has 0 aromatic heterocycles. The molecular weight excluding hydrogens is 288 g/mol. The van der Waals surface area contributed by atoms with Crippen molar-refractivity contribution >= 4 is 15.9 Å². The van der Waals surface area contributed by atoms with E-state index < -0.39 is 0 Å². The lowest BCUT2D eigenvalue weighted by Crippen LogP contribution is -2.30. The van der Waals surface area contributed by atoms with Crippen LogP contribution in [-0.4, -0.2) is 31.1 Å². The molecule has 0 saturated carbocycles. The van der Waals surface area contributed by atoms with E-state index in [4.69, 9.17) is 0 Å². The van der Waals surface area contributed by atoms with Crippen LogP contribution in [0.1, 0.15) is 38.8 Å². The normalized spacial score (nSPS) is 13.3. The first kappa shape index (κ1) is 15.7. The van der Waals surface area contributed by atoms with E-state index in [1.165, 1.54) is 12.0 Å². The predicted molar refractivity (Wildman–Crippen MR) is 82.9 cm³/mol. The minimum atomic E-state index is 0.419. The Morgan fingerprint density at radius 3 is 2.33 bits per heavy atom. The van der Waals surface area contributed by atoms with Crippen LogP contribution in [0.5, 0.6) is 0 Å². The van der Waals surface area contributed by atoms with E-state index in [-0.39, 0.29) is 0 Å². The Kier molecular flexibility index (Phi) is 6.90. The second-order valence-corrected chi connectivity index (χ2v) is 6.07. The van der Waals surface area contributed by atoms with Gasteiger partial charge in [-0.2, -0.15) is 0 Å². The third-order valence-electron chi connectivity index (χ3n) is 3.39. The van der Waals surface area contributed by atoms with Gasteiger partial charge in [0.2, 0.25) is 0 Å². The monoisotopic (exact) mass is 312 g/mol. The number of nitrogens with one attached hydrogen (secondary N) is 1. The molecule has 2 nitrogen and oxygen atoms in total. The predicted octanol–water partition coefficient (Wildman–Crippen LogP) is 3.83. The Morgan fingerprint density at radius 1 is 1.17 bits per heavy atom. The van der Waals surface area contributed by atoms with Crippen LogP contribution in [0, 0.1) is 0 Å². The highest BCUT2D eigenvalue weighted by atomic mass is 79.9. The standard InChI is InChI=1S/C15H25BrN2/c1-12(2)18(4)11-5-10-17-13(3)14-6-8-15(16)9-7-14/h6-9,12-13,17H,5,10-11H2,1-4H3. The van der Waals surface area contributed by atoms with Gasteiger partial charge < -0.3 is 10.2 Å². The fraction of sp³-hybridized carbons (Fsp3) is 0.600. The zero-order valence-corrected chi connectivity index (χ0v) is 13.5. The van der Waals surface area contributed by atoms with Gasteiger partial charge in [-0.15, -0.1) is 0 Å². The number of halogens is 1. The highest BCUT2D eigenvalue weighted by molar-refractivity contribution is 9.10. The van der Waals surface area contributed by atoms with Crippen LogP contribution < -0.4 is 5.32 Å². The largest absolute Gasteiger partial charge is 0.310 e. The average Bonchev–Trinajstić information content (AvgIpc) is 2.34. The van der Waals surface area contributed by atoms with Crippen LogP contribution in [0.25, 0.3) is 0 Å². The summed E-state index contributed by atoms with van der Waals surface area (Å²) in [6.45, 7) is 8.90. The van der Waals surface area contributed by atoms with Crippen molar-refractivity contribution in [1.82, 2.24) is 10.2 Å². The number of nitrogens with zero attached hydrogens (tertiary/aromatic N) is 1. The summed E-state index contributed by atoms with van der Waals surface area (Å²) in [5, 5.41) is 3.57. The minimum Gasteiger partial charge on any atom is -0.310 e. The van der Waals surface area contributed by atoms with Crippen molar-refractivity contribution in [3.63, 3.8) is 0 Å². The molecule has 0 heterocycles. The maximum Gasteiger partial charge on any atom is 0.0291 e. The lowest BCUT2D eigenvalue weighted by molar-refractivity contribution is 0.268. The number of benzene rings is 1. The Balaban J connectivity index is 2.25. The maximum absolute atomic E-state index is 3.57. The summed E-state index contributed by atoms with van der Waals surface area (Å²) >= 11 is 3.46. The molecule has 0 aliphatic rings. The van der Waals surface area contributed by atoms with Crippen molar-refractivity contribution in [3.8, 4) is 0 Å². The highest BCUT2D eigenvalue weighted by Crippen LogP contribution is 2.16. The molecule has 1 rings (SSSR count). The molecule has 0 spiro atoms. The van der Waals surface area contributed by atoms with Gasteiger partial charge in [0.1, 0.15) is 0 Å². The summed E-state index contributed by atoms with van der Waals surface area (Å²) in [6, 6.07) is 9.58. The molecule has 1 aromatic carbocycles. The molecule has 3 heteroatoms. The average molecular weight is 313 g/mol. The summed E-state index contributed by atoms with van der Waals surface area (Å²) in [5.74, 6) is 0. The van der Waals surface area contributed by atoms with E-state index in [9.17, 15) is 0 Å². The van der Waals surface area contributed by atoms with Crippen LogP contribution in [0.15, 0.2) is 28.7 Å². The Labute approximate surface area is 120 Å². The molecule has 1 aromatic rings. The lowest BCUT2D eigenvalue weighted by atomic mass is 10.1. The number of hydrogen-bond acceptors (Lipinski definition) is 2. The Bertz CT molecular complexity index is 335. The van der Waals surface area contributed by atoms with Crippen molar-refractivity contribution in [2.45, 2.75) is 39.3 Å². The first-order chi connectivity index (χ1) is 8.50. The topological polar surface area (TPSA) is 15.3 Å². The summed E-state index contributed by atoms with van der Waals surface area (Å²) < 4.78 is 1.14. The van der Waals surface area contributed by atoms with Crippen LogP contribution in [0.3, 0.4) is 0 Å². The summed E-state index contributed by atoms with van der Waals surface area (Å²) in [5.41, 5.74) is 1.34. The van der Waals surface area contributed by atoms with Crippen molar-refractivity contribution in [2.24, 2.45) is 0 Å². The van der Waals surface area contributed by atoms with Gasteiger partial charge in [0, 0.05) is 16.6 Å². The molecule has 18 heavy (non-hydrogen) atoms. The van der Waals surface area contributed by atoms with E-state index in [1.807, 2.05) is 0 Å². The number of hydrogen-bond donors (Lipinski definition) is 1. The van der Waals surface area contributed by atoms with E-state index >= 15 is 0 Å². The van der Waals surface area contributed by atoms with E-state index in [2.05, 4.69) is 78.2 Å². The smallest absolute Gasteiger partial charge is 0.0291 e. The van der Waals surface area contributed by atoms with Crippen molar-refractivity contribution in [1.29, 1.82) is 0 Å². The molecule has 0 fully saturated rings. The molecule has 0 bridgehead atoms. The molecular formula is C15H25BrN2. The third kappa shape index (κ3) is 5.51. The van der Waals surface area contributed by atoms with E-state index in [1.54, 1.807) is 0 Å². The van der Waals surface area contributed by atoms with Gasteiger partial charge in [0.25, 0.3) is 0 Å². The number of rotatable bonds is 7. The second kappa shape index (κ2) is 7.93. The van der Waals surface area contributed by atoms with Crippen LogP contribution >= 0.6 is 15.9 Å². The van der Waals surface area contributed by atoms with E-state index in [0.717, 1.165) is 17.6 Å². The van der Waals surface area contributed by atoms with Gasteiger partial charge >= 0.3 is 0 Å². The zero-order chi connectivity index (χ0) is 13.5. The van der Waals surface area contributed by atoms with Gasteiger partial charge in [0.05, 0.1) is 0 Å². The van der Waals surface area contributed by atoms with Gasteiger partial charge in [-0.1, -0.05) is 28.1 Å². The second-order valence-electron chi connectivity index (χ2n) is 5.16.